The van der Waals surface area contributed by atoms with Crippen molar-refractivity contribution in [1.29, 1.82) is 0 Å². The molecule has 6 nitrogen and oxygen atoms in total. The van der Waals surface area contributed by atoms with Gasteiger partial charge in [0.05, 0.1) is 6.42 Å². The van der Waals surface area contributed by atoms with E-state index in [2.05, 4.69) is 39.2 Å². The number of rotatable bonds is 8. The van der Waals surface area contributed by atoms with E-state index >= 15 is 0 Å². The van der Waals surface area contributed by atoms with Gasteiger partial charge in [0.2, 0.25) is 0 Å². The molecule has 0 saturated heterocycles. The lowest BCUT2D eigenvalue weighted by molar-refractivity contribution is -0.126. The van der Waals surface area contributed by atoms with Crippen LogP contribution in [0.5, 0.6) is 0 Å². The maximum atomic E-state index is 12.5. The second kappa shape index (κ2) is 8.74. The van der Waals surface area contributed by atoms with Gasteiger partial charge < -0.3 is 0 Å². The average Bonchev–Trinajstić information content (AvgIpc) is 2.57. The van der Waals surface area contributed by atoms with Gasteiger partial charge in [-0.05, 0) is 37.3 Å². The first-order chi connectivity index (χ1) is 11.8. The Morgan fingerprint density at radius 2 is 1.72 bits per heavy atom. The van der Waals surface area contributed by atoms with Crippen molar-refractivity contribution >= 4 is 5.78 Å². The third-order valence-corrected chi connectivity index (χ3v) is 4.05. The summed E-state index contributed by atoms with van der Waals surface area (Å²) < 4.78 is 0. The Balaban J connectivity index is 2.04. The molecule has 0 N–H and O–H groups in total. The van der Waals surface area contributed by atoms with Crippen LogP contribution in [0.4, 0.5) is 0 Å². The van der Waals surface area contributed by atoms with Gasteiger partial charge in [-0.2, -0.15) is 0 Å². The van der Waals surface area contributed by atoms with Crippen LogP contribution >= 0.6 is 0 Å². The van der Waals surface area contributed by atoms with Gasteiger partial charge in [-0.1, -0.05) is 33.8 Å². The van der Waals surface area contributed by atoms with Crippen LogP contribution in [-0.2, 0) is 17.6 Å². The van der Waals surface area contributed by atoms with Crippen LogP contribution in [0, 0.1) is 24.7 Å². The lowest BCUT2D eigenvalue weighted by Crippen LogP contribution is -2.23. The monoisotopic (exact) mass is 341 g/mol. The number of ketones is 1. The highest BCUT2D eigenvalue weighted by Crippen LogP contribution is 2.21. The third-order valence-electron chi connectivity index (χ3n) is 4.05. The normalized spacial score (nSPS) is 12.6. The summed E-state index contributed by atoms with van der Waals surface area (Å²) >= 11 is 0. The van der Waals surface area contributed by atoms with E-state index in [9.17, 15) is 4.79 Å². The second-order valence-electron chi connectivity index (χ2n) is 7.29. The van der Waals surface area contributed by atoms with E-state index in [1.807, 2.05) is 32.2 Å². The van der Waals surface area contributed by atoms with Gasteiger partial charge >= 0.3 is 0 Å². The Hall–Kier alpha value is -2.24. The molecular formula is C19H27N5O. The van der Waals surface area contributed by atoms with Crippen LogP contribution in [-0.4, -0.2) is 31.2 Å². The summed E-state index contributed by atoms with van der Waals surface area (Å²) in [7, 11) is 0. The van der Waals surface area contributed by atoms with Crippen molar-refractivity contribution in [3.8, 4) is 0 Å². The molecule has 134 valence electrons. The van der Waals surface area contributed by atoms with Crippen LogP contribution in [0.25, 0.3) is 0 Å². The van der Waals surface area contributed by atoms with E-state index in [-0.39, 0.29) is 11.8 Å². The van der Waals surface area contributed by atoms with Crippen LogP contribution < -0.4 is 0 Å². The first-order valence-electron chi connectivity index (χ1n) is 8.85. The summed E-state index contributed by atoms with van der Waals surface area (Å²) in [6.45, 7) is 10.0. The van der Waals surface area contributed by atoms with Gasteiger partial charge in [-0.25, -0.2) is 0 Å². The molecule has 1 atom stereocenters. The molecule has 2 rings (SSSR count). The van der Waals surface area contributed by atoms with Crippen LogP contribution in [0.3, 0.4) is 0 Å². The third kappa shape index (κ3) is 5.96. The smallest absolute Gasteiger partial charge is 0.179 e. The molecule has 0 aromatic carbocycles. The summed E-state index contributed by atoms with van der Waals surface area (Å²) in [5, 5.41) is 15.8. The van der Waals surface area contributed by atoms with E-state index in [4.69, 9.17) is 0 Å². The lowest BCUT2D eigenvalue weighted by atomic mass is 9.84. The van der Waals surface area contributed by atoms with E-state index in [1.165, 1.54) is 0 Å². The molecule has 0 amide bonds. The van der Waals surface area contributed by atoms with E-state index in [0.717, 1.165) is 24.1 Å². The van der Waals surface area contributed by atoms with Gasteiger partial charge in [-0.15, -0.1) is 20.4 Å². The minimum atomic E-state index is 0.0569. The molecular weight excluding hydrogens is 314 g/mol. The summed E-state index contributed by atoms with van der Waals surface area (Å²) in [6, 6.07) is 4.00. The summed E-state index contributed by atoms with van der Waals surface area (Å²) in [6.07, 6.45) is 4.01. The number of pyridine rings is 1. The zero-order valence-corrected chi connectivity index (χ0v) is 15.7. The van der Waals surface area contributed by atoms with Crippen molar-refractivity contribution in [2.24, 2.45) is 17.8 Å². The molecule has 0 saturated carbocycles. The van der Waals surface area contributed by atoms with E-state index in [1.54, 1.807) is 6.92 Å². The zero-order valence-electron chi connectivity index (χ0n) is 15.7. The SMILES string of the molecule is Cc1nnc(Cc2ccc(C[C@H](CC(C)C)C(=O)C(C)C)cn2)nn1. The Labute approximate surface area is 149 Å². The van der Waals surface area contributed by atoms with Crippen LogP contribution in [0.15, 0.2) is 18.3 Å². The van der Waals surface area contributed by atoms with Gasteiger partial charge in [-0.3, -0.25) is 9.78 Å². The Morgan fingerprint density at radius 3 is 2.24 bits per heavy atom. The molecule has 2 aromatic rings. The molecule has 0 aliphatic heterocycles. The Bertz CT molecular complexity index is 680. The summed E-state index contributed by atoms with van der Waals surface area (Å²) in [4.78, 5) is 17.0. The molecule has 0 aliphatic carbocycles. The maximum absolute atomic E-state index is 12.5. The highest BCUT2D eigenvalue weighted by molar-refractivity contribution is 5.83. The fraction of sp³-hybridized carbons (Fsp3) is 0.579. The minimum Gasteiger partial charge on any atom is -0.299 e. The lowest BCUT2D eigenvalue weighted by Gasteiger charge is -2.20. The molecule has 2 heterocycles. The minimum absolute atomic E-state index is 0.0569. The number of hydrogen-bond donors (Lipinski definition) is 0. The van der Waals surface area contributed by atoms with E-state index in [0.29, 0.717) is 29.8 Å². The molecule has 25 heavy (non-hydrogen) atoms. The number of nitrogens with zero attached hydrogens (tertiary/aromatic N) is 5. The fourth-order valence-corrected chi connectivity index (χ4v) is 2.84. The molecule has 0 unspecified atom stereocenters. The van der Waals surface area contributed by atoms with E-state index < -0.39 is 0 Å². The van der Waals surface area contributed by atoms with Gasteiger partial charge in [0.25, 0.3) is 0 Å². The molecule has 0 radical (unpaired) electrons. The number of carbonyl (C=O) groups is 1. The number of Topliss-reactive ketones (excluding diaryl/α,β-unsaturated/α-hetero) is 1. The summed E-state index contributed by atoms with van der Waals surface area (Å²) in [5.74, 6) is 2.06. The maximum Gasteiger partial charge on any atom is 0.179 e. The predicted octanol–water partition coefficient (Wildman–Crippen LogP) is 2.99. The highest BCUT2D eigenvalue weighted by atomic mass is 16.1. The highest BCUT2D eigenvalue weighted by Gasteiger charge is 2.22. The molecule has 2 aromatic heterocycles. The van der Waals surface area contributed by atoms with Gasteiger partial charge in [0.1, 0.15) is 5.78 Å². The standard InChI is InChI=1S/C19H27N5O/c1-12(2)8-16(19(25)13(3)4)9-15-6-7-17(20-11-15)10-18-23-21-14(5)22-24-18/h6-7,11-13,16H,8-10H2,1-5H3/t16-/m0/s1. The van der Waals surface area contributed by atoms with Crippen molar-refractivity contribution in [3.63, 3.8) is 0 Å². The molecule has 0 spiro atoms. The first kappa shape index (κ1) is 19.1. The number of aryl methyl sites for hydroxylation is 1. The Kier molecular flexibility index (Phi) is 6.67. The molecule has 0 aliphatic rings. The Morgan fingerprint density at radius 1 is 1.04 bits per heavy atom. The molecule has 6 heteroatoms. The zero-order chi connectivity index (χ0) is 18.4. The van der Waals surface area contributed by atoms with Crippen molar-refractivity contribution in [2.75, 3.05) is 0 Å². The van der Waals surface area contributed by atoms with Crippen LogP contribution in [0.1, 0.15) is 57.0 Å². The van der Waals surface area contributed by atoms with Gasteiger partial charge in [0, 0.05) is 23.7 Å². The topological polar surface area (TPSA) is 81.5 Å². The average molecular weight is 341 g/mol. The van der Waals surface area contributed by atoms with Crippen molar-refractivity contribution < 1.29 is 4.79 Å². The van der Waals surface area contributed by atoms with Crippen molar-refractivity contribution in [1.82, 2.24) is 25.4 Å². The second-order valence-corrected chi connectivity index (χ2v) is 7.29. The molecule has 0 fully saturated rings. The van der Waals surface area contributed by atoms with Crippen molar-refractivity contribution in [2.45, 2.75) is 53.9 Å². The molecule has 0 bridgehead atoms. The van der Waals surface area contributed by atoms with Gasteiger partial charge in [0.15, 0.2) is 11.6 Å². The summed E-state index contributed by atoms with van der Waals surface area (Å²) in [5.41, 5.74) is 1.95. The fourth-order valence-electron chi connectivity index (χ4n) is 2.84. The number of hydrogen-bond acceptors (Lipinski definition) is 6. The number of aromatic nitrogens is 5. The van der Waals surface area contributed by atoms with Crippen LogP contribution in [0.2, 0.25) is 0 Å². The largest absolute Gasteiger partial charge is 0.299 e. The number of carbonyl (C=O) groups excluding carboxylic acids is 1. The predicted molar refractivity (Wildman–Crippen MR) is 95.9 cm³/mol. The first-order valence-corrected chi connectivity index (χ1v) is 8.85. The van der Waals surface area contributed by atoms with Crippen molar-refractivity contribution in [3.05, 3.63) is 41.2 Å². The quantitative estimate of drug-likeness (QED) is 0.734.